The summed E-state index contributed by atoms with van der Waals surface area (Å²) in [6, 6.07) is 14.4. The summed E-state index contributed by atoms with van der Waals surface area (Å²) in [5.41, 5.74) is 2.22. The van der Waals surface area contributed by atoms with Crippen LogP contribution in [0.1, 0.15) is 41.8 Å². The molecule has 138 valence electrons. The molecule has 5 nitrogen and oxygen atoms in total. The van der Waals surface area contributed by atoms with Gasteiger partial charge in [-0.2, -0.15) is 0 Å². The van der Waals surface area contributed by atoms with Crippen LogP contribution in [0, 0.1) is 0 Å². The van der Waals surface area contributed by atoms with E-state index in [1.54, 1.807) is 36.2 Å². The molecule has 0 unspecified atom stereocenters. The second kappa shape index (κ2) is 9.04. The third kappa shape index (κ3) is 5.92. The molecule has 1 N–H and O–H groups in total. The summed E-state index contributed by atoms with van der Waals surface area (Å²) < 4.78 is 5.68. The minimum Gasteiger partial charge on any atom is -0.491 e. The number of amides is 1. The average Bonchev–Trinajstić information content (AvgIpc) is 2.59. The summed E-state index contributed by atoms with van der Waals surface area (Å²) >= 11 is 0. The highest BCUT2D eigenvalue weighted by Crippen LogP contribution is 2.16. The molecule has 0 aromatic heterocycles. The van der Waals surface area contributed by atoms with E-state index >= 15 is 0 Å². The zero-order chi connectivity index (χ0) is 19.1. The Hall–Kier alpha value is -2.82. The van der Waals surface area contributed by atoms with E-state index in [4.69, 9.17) is 9.84 Å². The summed E-state index contributed by atoms with van der Waals surface area (Å²) in [5.74, 6) is -0.101. The second-order valence-electron chi connectivity index (χ2n) is 6.57. The second-order valence-corrected chi connectivity index (χ2v) is 6.57. The van der Waals surface area contributed by atoms with Crippen molar-refractivity contribution >= 4 is 11.9 Å². The molecule has 2 aromatic carbocycles. The minimum atomic E-state index is -0.948. The molecular weight excluding hydrogens is 330 g/mol. The van der Waals surface area contributed by atoms with Crippen LogP contribution in [-0.2, 0) is 17.8 Å². The molecule has 2 aromatic rings. The lowest BCUT2D eigenvalue weighted by Crippen LogP contribution is -2.26. The number of carbonyl (C=O) groups excluding carboxylic acids is 1. The first-order valence-corrected chi connectivity index (χ1v) is 8.67. The maximum Gasteiger partial charge on any atom is 0.335 e. The van der Waals surface area contributed by atoms with E-state index in [1.807, 2.05) is 38.1 Å². The minimum absolute atomic E-state index is 0.0440. The Bertz CT molecular complexity index is 753. The lowest BCUT2D eigenvalue weighted by molar-refractivity contribution is -0.130. The molecule has 1 amide bonds. The predicted octanol–water partition coefficient (Wildman–Crippen LogP) is 3.76. The van der Waals surface area contributed by atoms with Crippen molar-refractivity contribution in [3.05, 3.63) is 65.2 Å². The fourth-order valence-electron chi connectivity index (χ4n) is 2.61. The molecule has 0 spiro atoms. The van der Waals surface area contributed by atoms with Crippen molar-refractivity contribution < 1.29 is 19.4 Å². The van der Waals surface area contributed by atoms with E-state index in [0.29, 0.717) is 19.4 Å². The largest absolute Gasteiger partial charge is 0.491 e. The fourth-order valence-corrected chi connectivity index (χ4v) is 2.61. The first-order chi connectivity index (χ1) is 12.3. The molecule has 0 aliphatic heterocycles. The monoisotopic (exact) mass is 355 g/mol. The van der Waals surface area contributed by atoms with Gasteiger partial charge in [0.1, 0.15) is 5.75 Å². The van der Waals surface area contributed by atoms with Gasteiger partial charge in [-0.05, 0) is 55.7 Å². The van der Waals surface area contributed by atoms with Crippen molar-refractivity contribution in [1.82, 2.24) is 4.90 Å². The summed E-state index contributed by atoms with van der Waals surface area (Å²) in [6.07, 6.45) is 1.07. The molecule has 0 bridgehead atoms. The molecular formula is C21H25NO4. The molecule has 0 heterocycles. The quantitative estimate of drug-likeness (QED) is 0.783. The van der Waals surface area contributed by atoms with Crippen LogP contribution in [0.4, 0.5) is 0 Å². The number of hydrogen-bond acceptors (Lipinski definition) is 3. The van der Waals surface area contributed by atoms with Crippen molar-refractivity contribution in [2.45, 2.75) is 39.3 Å². The van der Waals surface area contributed by atoms with Crippen LogP contribution in [0.2, 0.25) is 0 Å². The van der Waals surface area contributed by atoms with Gasteiger partial charge >= 0.3 is 5.97 Å². The number of rotatable bonds is 8. The van der Waals surface area contributed by atoms with Crippen molar-refractivity contribution in [2.24, 2.45) is 0 Å². The zero-order valence-corrected chi connectivity index (χ0v) is 15.4. The van der Waals surface area contributed by atoms with Gasteiger partial charge in [0.2, 0.25) is 5.91 Å². The number of benzene rings is 2. The molecule has 0 fully saturated rings. The van der Waals surface area contributed by atoms with Crippen LogP contribution < -0.4 is 4.74 Å². The molecule has 0 aliphatic rings. The SMILES string of the molecule is CC(C)Oc1cccc(CN(C)C(=O)CCc2ccc(C(=O)O)cc2)c1. The Morgan fingerprint density at radius 3 is 2.38 bits per heavy atom. The predicted molar refractivity (Wildman–Crippen MR) is 100 cm³/mol. The molecule has 0 saturated carbocycles. The number of aryl methyl sites for hydroxylation is 1. The van der Waals surface area contributed by atoms with Crippen LogP contribution in [-0.4, -0.2) is 35.0 Å². The van der Waals surface area contributed by atoms with E-state index in [0.717, 1.165) is 16.9 Å². The molecule has 0 saturated heterocycles. The van der Waals surface area contributed by atoms with Crippen molar-refractivity contribution in [1.29, 1.82) is 0 Å². The molecule has 5 heteroatoms. The third-order valence-electron chi connectivity index (χ3n) is 3.94. The molecule has 0 aliphatic carbocycles. The summed E-state index contributed by atoms with van der Waals surface area (Å²) in [7, 11) is 1.78. The number of aromatic carboxylic acids is 1. The van der Waals surface area contributed by atoms with Crippen molar-refractivity contribution in [2.75, 3.05) is 7.05 Å². The third-order valence-corrected chi connectivity index (χ3v) is 3.94. The van der Waals surface area contributed by atoms with Crippen LogP contribution in [0.15, 0.2) is 48.5 Å². The van der Waals surface area contributed by atoms with E-state index in [-0.39, 0.29) is 17.6 Å². The van der Waals surface area contributed by atoms with Gasteiger partial charge in [-0.25, -0.2) is 4.79 Å². The van der Waals surface area contributed by atoms with Crippen LogP contribution >= 0.6 is 0 Å². The molecule has 0 atom stereocenters. The zero-order valence-electron chi connectivity index (χ0n) is 15.4. The first-order valence-electron chi connectivity index (χ1n) is 8.67. The number of carboxylic acids is 1. The van der Waals surface area contributed by atoms with Gasteiger partial charge in [-0.1, -0.05) is 24.3 Å². The maximum atomic E-state index is 12.4. The van der Waals surface area contributed by atoms with Gasteiger partial charge in [0, 0.05) is 20.0 Å². The highest BCUT2D eigenvalue weighted by molar-refractivity contribution is 5.87. The van der Waals surface area contributed by atoms with Crippen molar-refractivity contribution in [3.63, 3.8) is 0 Å². The van der Waals surface area contributed by atoms with Gasteiger partial charge in [0.05, 0.1) is 11.7 Å². The Morgan fingerprint density at radius 1 is 1.08 bits per heavy atom. The highest BCUT2D eigenvalue weighted by atomic mass is 16.5. The number of carboxylic acid groups (broad SMARTS) is 1. The van der Waals surface area contributed by atoms with Gasteiger partial charge < -0.3 is 14.7 Å². The smallest absolute Gasteiger partial charge is 0.335 e. The Balaban J connectivity index is 1.88. The number of ether oxygens (including phenoxy) is 1. The van der Waals surface area contributed by atoms with Crippen LogP contribution in [0.3, 0.4) is 0 Å². The lowest BCUT2D eigenvalue weighted by Gasteiger charge is -2.18. The molecule has 2 rings (SSSR count). The van der Waals surface area contributed by atoms with Crippen LogP contribution in [0.25, 0.3) is 0 Å². The van der Waals surface area contributed by atoms with Gasteiger partial charge in [0.25, 0.3) is 0 Å². The number of hydrogen-bond donors (Lipinski definition) is 1. The van der Waals surface area contributed by atoms with Gasteiger partial charge in [-0.3, -0.25) is 4.79 Å². The average molecular weight is 355 g/mol. The van der Waals surface area contributed by atoms with E-state index in [1.165, 1.54) is 0 Å². The summed E-state index contributed by atoms with van der Waals surface area (Å²) in [6.45, 7) is 4.47. The maximum absolute atomic E-state index is 12.4. The number of nitrogens with zero attached hydrogens (tertiary/aromatic N) is 1. The van der Waals surface area contributed by atoms with Crippen molar-refractivity contribution in [3.8, 4) is 5.75 Å². The van der Waals surface area contributed by atoms with E-state index in [9.17, 15) is 9.59 Å². The first kappa shape index (κ1) is 19.5. The Labute approximate surface area is 154 Å². The molecule has 0 radical (unpaired) electrons. The van der Waals surface area contributed by atoms with Gasteiger partial charge in [0.15, 0.2) is 0 Å². The normalized spacial score (nSPS) is 10.6. The highest BCUT2D eigenvalue weighted by Gasteiger charge is 2.11. The van der Waals surface area contributed by atoms with Crippen LogP contribution in [0.5, 0.6) is 5.75 Å². The van der Waals surface area contributed by atoms with E-state index in [2.05, 4.69) is 0 Å². The Kier molecular flexibility index (Phi) is 6.78. The van der Waals surface area contributed by atoms with Gasteiger partial charge in [-0.15, -0.1) is 0 Å². The van der Waals surface area contributed by atoms with E-state index < -0.39 is 5.97 Å². The Morgan fingerprint density at radius 2 is 1.77 bits per heavy atom. The summed E-state index contributed by atoms with van der Waals surface area (Å²) in [5, 5.41) is 8.90. The topological polar surface area (TPSA) is 66.8 Å². The lowest BCUT2D eigenvalue weighted by atomic mass is 10.1. The fraction of sp³-hybridized carbons (Fsp3) is 0.333. The molecule has 26 heavy (non-hydrogen) atoms. The standard InChI is InChI=1S/C21H25NO4/c1-15(2)26-19-6-4-5-17(13-19)14-22(3)20(23)12-9-16-7-10-18(11-8-16)21(24)25/h4-8,10-11,13,15H,9,12,14H2,1-3H3,(H,24,25). The number of carbonyl (C=O) groups is 2. The summed E-state index contributed by atoms with van der Waals surface area (Å²) in [4.78, 5) is 24.9.